The molecule has 3 nitrogen and oxygen atoms in total. The van der Waals surface area contributed by atoms with Gasteiger partial charge >= 0.3 is 0 Å². The van der Waals surface area contributed by atoms with E-state index in [4.69, 9.17) is 11.6 Å². The first kappa shape index (κ1) is 16.5. The maximum absolute atomic E-state index is 12.0. The first-order valence-electron chi connectivity index (χ1n) is 6.42. The largest absolute Gasteiger partial charge is 0.215 e. The average molecular weight is 304 g/mol. The quantitative estimate of drug-likeness (QED) is 0.750. The molecule has 1 aromatic carbocycles. The smallest absolute Gasteiger partial charge is 0.214 e. The molecule has 0 unspecified atom stereocenters. The van der Waals surface area contributed by atoms with E-state index < -0.39 is 10.0 Å². The minimum absolute atomic E-state index is 0.0272. The van der Waals surface area contributed by atoms with Gasteiger partial charge in [0.2, 0.25) is 10.0 Å². The van der Waals surface area contributed by atoms with Crippen molar-refractivity contribution >= 4 is 21.6 Å². The summed E-state index contributed by atoms with van der Waals surface area (Å²) in [5.74, 6) is 0.639. The molecule has 19 heavy (non-hydrogen) atoms. The lowest BCUT2D eigenvalue weighted by Crippen LogP contribution is -2.34. The Morgan fingerprint density at radius 3 is 2.42 bits per heavy atom. The molecule has 1 aromatic rings. The first-order valence-corrected chi connectivity index (χ1v) is 8.61. The number of hydrogen-bond donors (Lipinski definition) is 1. The van der Waals surface area contributed by atoms with E-state index in [-0.39, 0.29) is 11.2 Å². The van der Waals surface area contributed by atoms with Gasteiger partial charge in [-0.2, -0.15) is 0 Å². The summed E-state index contributed by atoms with van der Waals surface area (Å²) >= 11 is 5.67. The molecule has 0 bridgehead atoms. The van der Waals surface area contributed by atoms with Crippen LogP contribution in [0.1, 0.15) is 32.3 Å². The second kappa shape index (κ2) is 7.27. The molecule has 0 saturated heterocycles. The Labute approximate surface area is 121 Å². The van der Waals surface area contributed by atoms with Crippen LogP contribution < -0.4 is 4.72 Å². The fourth-order valence-electron chi connectivity index (χ4n) is 1.78. The highest BCUT2D eigenvalue weighted by molar-refractivity contribution is 7.88. The maximum atomic E-state index is 12.0. The van der Waals surface area contributed by atoms with Crippen molar-refractivity contribution in [3.63, 3.8) is 0 Å². The summed E-state index contributed by atoms with van der Waals surface area (Å²) < 4.78 is 26.7. The van der Waals surface area contributed by atoms with Crippen molar-refractivity contribution in [3.05, 3.63) is 35.9 Å². The van der Waals surface area contributed by atoms with Crippen LogP contribution in [0.3, 0.4) is 0 Å². The molecule has 0 saturated carbocycles. The van der Waals surface area contributed by atoms with Crippen LogP contribution in [0.4, 0.5) is 0 Å². The molecular weight excluding hydrogens is 282 g/mol. The fraction of sp³-hybridized carbons (Fsp3) is 0.571. The molecular formula is C14H22ClNO2S. The van der Waals surface area contributed by atoms with Gasteiger partial charge in [-0.1, -0.05) is 44.2 Å². The van der Waals surface area contributed by atoms with Gasteiger partial charge in [-0.15, -0.1) is 11.6 Å². The Morgan fingerprint density at radius 1 is 1.21 bits per heavy atom. The number of halogens is 1. The molecule has 0 aromatic heterocycles. The zero-order valence-corrected chi connectivity index (χ0v) is 13.1. The highest BCUT2D eigenvalue weighted by Gasteiger charge is 2.20. The van der Waals surface area contributed by atoms with Gasteiger partial charge in [-0.25, -0.2) is 13.1 Å². The Hall–Kier alpha value is -0.580. The first-order chi connectivity index (χ1) is 8.85. The summed E-state index contributed by atoms with van der Waals surface area (Å²) in [5, 5.41) is 0. The Balaban J connectivity index is 2.51. The normalized spacial score (nSPS) is 12.6. The van der Waals surface area contributed by atoms with Gasteiger partial charge in [-0.3, -0.25) is 0 Å². The second-order valence-corrected chi connectivity index (χ2v) is 7.71. The number of benzene rings is 1. The van der Waals surface area contributed by atoms with Gasteiger partial charge in [0.25, 0.3) is 0 Å². The molecule has 0 amide bonds. The van der Waals surface area contributed by atoms with Gasteiger partial charge in [0.1, 0.15) is 0 Å². The van der Waals surface area contributed by atoms with E-state index in [1.54, 1.807) is 0 Å². The molecule has 0 radical (unpaired) electrons. The van der Waals surface area contributed by atoms with Crippen LogP contribution in [-0.4, -0.2) is 20.8 Å². The molecule has 5 heteroatoms. The van der Waals surface area contributed by atoms with E-state index in [2.05, 4.69) is 4.72 Å². The van der Waals surface area contributed by atoms with Crippen LogP contribution in [0.2, 0.25) is 0 Å². The van der Waals surface area contributed by atoms with E-state index in [1.807, 2.05) is 44.2 Å². The van der Waals surface area contributed by atoms with E-state index in [0.717, 1.165) is 18.4 Å². The van der Waals surface area contributed by atoms with Gasteiger partial charge in [-0.05, 0) is 23.8 Å². The predicted molar refractivity (Wildman–Crippen MR) is 80.8 cm³/mol. The molecule has 0 aliphatic carbocycles. The van der Waals surface area contributed by atoms with Crippen LogP contribution >= 0.6 is 11.6 Å². The minimum atomic E-state index is -3.28. The van der Waals surface area contributed by atoms with Crippen LogP contribution in [0.5, 0.6) is 0 Å². The summed E-state index contributed by atoms with van der Waals surface area (Å²) in [7, 11) is -3.28. The van der Waals surface area contributed by atoms with Crippen molar-refractivity contribution in [2.24, 2.45) is 5.41 Å². The van der Waals surface area contributed by atoms with Crippen molar-refractivity contribution < 1.29 is 8.42 Å². The van der Waals surface area contributed by atoms with Gasteiger partial charge in [0.05, 0.1) is 5.75 Å². The molecule has 0 fully saturated rings. The predicted octanol–water partition coefficient (Wildman–Crippen LogP) is 3.15. The van der Waals surface area contributed by atoms with Crippen molar-refractivity contribution in [2.45, 2.75) is 32.4 Å². The van der Waals surface area contributed by atoms with Crippen molar-refractivity contribution in [1.29, 1.82) is 0 Å². The van der Waals surface area contributed by atoms with Gasteiger partial charge in [0.15, 0.2) is 0 Å². The third-order valence-electron chi connectivity index (χ3n) is 2.96. The third kappa shape index (κ3) is 6.95. The summed E-state index contributed by atoms with van der Waals surface area (Å²) in [5.41, 5.74) is 0.729. The van der Waals surface area contributed by atoms with Crippen molar-refractivity contribution in [2.75, 3.05) is 12.4 Å². The number of hydrogen-bond acceptors (Lipinski definition) is 2. The highest BCUT2D eigenvalue weighted by atomic mass is 35.5. The van der Waals surface area contributed by atoms with E-state index in [1.165, 1.54) is 0 Å². The topological polar surface area (TPSA) is 46.2 Å². The minimum Gasteiger partial charge on any atom is -0.214 e. The summed E-state index contributed by atoms with van der Waals surface area (Å²) in [4.78, 5) is 0. The van der Waals surface area contributed by atoms with Crippen LogP contribution in [0.25, 0.3) is 0 Å². The molecule has 0 spiro atoms. The Morgan fingerprint density at radius 2 is 1.84 bits per heavy atom. The standard InChI is InChI=1S/C14H22ClNO2S/c1-14(2,9-6-10-15)12-16-19(17,18)11-13-7-4-3-5-8-13/h3-5,7-8,16H,6,9-12H2,1-2H3. The Kier molecular flexibility index (Phi) is 6.30. The van der Waals surface area contributed by atoms with Crippen LogP contribution in [0.15, 0.2) is 30.3 Å². The fourth-order valence-corrected chi connectivity index (χ4v) is 3.26. The summed E-state index contributed by atoms with van der Waals surface area (Å²) in [6.07, 6.45) is 1.80. The summed E-state index contributed by atoms with van der Waals surface area (Å²) in [6, 6.07) is 9.19. The molecule has 1 rings (SSSR count). The van der Waals surface area contributed by atoms with Crippen LogP contribution in [-0.2, 0) is 15.8 Å². The highest BCUT2D eigenvalue weighted by Crippen LogP contribution is 2.22. The van der Waals surface area contributed by atoms with Crippen LogP contribution in [0, 0.1) is 5.41 Å². The number of nitrogens with one attached hydrogen (secondary N) is 1. The summed E-state index contributed by atoms with van der Waals surface area (Å²) in [6.45, 7) is 4.54. The van der Waals surface area contributed by atoms with Gasteiger partial charge < -0.3 is 0 Å². The van der Waals surface area contributed by atoms with Crippen molar-refractivity contribution in [1.82, 2.24) is 4.72 Å². The van der Waals surface area contributed by atoms with E-state index >= 15 is 0 Å². The molecule has 0 heterocycles. The van der Waals surface area contributed by atoms with Gasteiger partial charge in [0, 0.05) is 12.4 Å². The maximum Gasteiger partial charge on any atom is 0.215 e. The second-order valence-electron chi connectivity index (χ2n) is 5.52. The third-order valence-corrected chi connectivity index (χ3v) is 4.52. The monoisotopic (exact) mass is 303 g/mol. The molecule has 1 N–H and O–H groups in total. The SMILES string of the molecule is CC(C)(CCCCl)CNS(=O)(=O)Cc1ccccc1. The number of sulfonamides is 1. The lowest BCUT2D eigenvalue weighted by atomic mass is 9.88. The van der Waals surface area contributed by atoms with E-state index in [9.17, 15) is 8.42 Å². The number of rotatable bonds is 8. The molecule has 108 valence electrons. The molecule has 0 atom stereocenters. The lowest BCUT2D eigenvalue weighted by molar-refractivity contribution is 0.331. The zero-order valence-electron chi connectivity index (χ0n) is 11.5. The zero-order chi connectivity index (χ0) is 14.4. The Bertz CT molecular complexity index is 471. The molecule has 0 aliphatic heterocycles. The average Bonchev–Trinajstić information content (AvgIpc) is 2.35. The number of alkyl halides is 1. The lowest BCUT2D eigenvalue weighted by Gasteiger charge is -2.24. The van der Waals surface area contributed by atoms with E-state index in [0.29, 0.717) is 12.4 Å². The molecule has 0 aliphatic rings. The van der Waals surface area contributed by atoms with Crippen molar-refractivity contribution in [3.8, 4) is 0 Å².